The molecule has 96 valence electrons. The van der Waals surface area contributed by atoms with Crippen LogP contribution in [-0.4, -0.2) is 31.1 Å². The molecule has 4 heteroatoms. The summed E-state index contributed by atoms with van der Waals surface area (Å²) in [5.74, 6) is 2.41. The van der Waals surface area contributed by atoms with Gasteiger partial charge in [0, 0.05) is 30.6 Å². The second kappa shape index (κ2) is 5.91. The monoisotopic (exact) mass is 264 g/mol. The Labute approximate surface area is 112 Å². The van der Waals surface area contributed by atoms with Gasteiger partial charge in [-0.1, -0.05) is 6.07 Å². The van der Waals surface area contributed by atoms with Crippen molar-refractivity contribution >= 4 is 28.2 Å². The highest BCUT2D eigenvalue weighted by Gasteiger charge is 2.10. The molecule has 0 aliphatic carbocycles. The number of nitrogens with zero attached hydrogens (tertiary/aromatic N) is 2. The minimum absolute atomic E-state index is 0.593. The molecule has 0 spiro atoms. The Morgan fingerprint density at radius 2 is 2.17 bits per heavy atom. The highest BCUT2D eigenvalue weighted by Crippen LogP contribution is 2.27. The summed E-state index contributed by atoms with van der Waals surface area (Å²) in [7, 11) is 1.67. The van der Waals surface area contributed by atoms with Crippen LogP contribution < -0.4 is 9.64 Å². The van der Waals surface area contributed by atoms with Gasteiger partial charge in [-0.3, -0.25) is 0 Å². The number of alkyl halides is 1. The first-order valence-electron chi connectivity index (χ1n) is 6.03. The number of fused-ring (bicyclic) bond motifs is 1. The number of methoxy groups -OCH3 is 1. The van der Waals surface area contributed by atoms with Crippen molar-refractivity contribution in [2.75, 3.05) is 31.0 Å². The number of ether oxygens (including phenoxy) is 1. The molecule has 0 aliphatic heterocycles. The Balaban J connectivity index is 2.54. The van der Waals surface area contributed by atoms with Gasteiger partial charge in [-0.05, 0) is 30.5 Å². The van der Waals surface area contributed by atoms with Crippen LogP contribution >= 0.6 is 11.6 Å². The number of anilines is 1. The lowest BCUT2D eigenvalue weighted by Gasteiger charge is -2.22. The Hall–Kier alpha value is -1.48. The molecule has 1 aromatic heterocycles. The van der Waals surface area contributed by atoms with Crippen LogP contribution in [0.15, 0.2) is 30.5 Å². The molecule has 0 saturated heterocycles. The van der Waals surface area contributed by atoms with Gasteiger partial charge in [-0.2, -0.15) is 0 Å². The number of pyridine rings is 1. The molecule has 0 N–H and O–H groups in total. The van der Waals surface area contributed by atoms with E-state index in [1.54, 1.807) is 7.11 Å². The van der Waals surface area contributed by atoms with E-state index in [0.717, 1.165) is 35.4 Å². The molecule has 2 rings (SSSR count). The van der Waals surface area contributed by atoms with Crippen molar-refractivity contribution in [3.8, 4) is 5.75 Å². The number of hydrogen-bond donors (Lipinski definition) is 0. The van der Waals surface area contributed by atoms with Crippen molar-refractivity contribution in [2.45, 2.75) is 6.92 Å². The van der Waals surface area contributed by atoms with Crippen molar-refractivity contribution in [3.05, 3.63) is 30.5 Å². The first-order valence-corrected chi connectivity index (χ1v) is 6.57. The molecule has 0 saturated carbocycles. The van der Waals surface area contributed by atoms with Gasteiger partial charge in [-0.25, -0.2) is 4.98 Å². The predicted octanol–water partition coefficient (Wildman–Crippen LogP) is 3.31. The highest BCUT2D eigenvalue weighted by atomic mass is 35.5. The number of halogens is 1. The summed E-state index contributed by atoms with van der Waals surface area (Å²) in [6.45, 7) is 3.78. The molecule has 0 atom stereocenters. The van der Waals surface area contributed by atoms with E-state index >= 15 is 0 Å². The molecule has 2 aromatic rings. The Morgan fingerprint density at radius 3 is 2.83 bits per heavy atom. The third kappa shape index (κ3) is 2.51. The van der Waals surface area contributed by atoms with Crippen LogP contribution in [0.5, 0.6) is 5.75 Å². The van der Waals surface area contributed by atoms with Gasteiger partial charge >= 0.3 is 0 Å². The Bertz CT molecular complexity index is 530. The van der Waals surface area contributed by atoms with E-state index in [0.29, 0.717) is 5.88 Å². The molecule has 0 bridgehead atoms. The average molecular weight is 265 g/mol. The van der Waals surface area contributed by atoms with Crippen LogP contribution in [0, 0.1) is 0 Å². The molecular weight excluding hydrogens is 248 g/mol. The second-order valence-corrected chi connectivity index (χ2v) is 4.37. The van der Waals surface area contributed by atoms with E-state index in [1.165, 1.54) is 0 Å². The van der Waals surface area contributed by atoms with Gasteiger partial charge < -0.3 is 9.64 Å². The van der Waals surface area contributed by atoms with Crippen LogP contribution in [0.4, 0.5) is 5.82 Å². The van der Waals surface area contributed by atoms with E-state index in [4.69, 9.17) is 16.3 Å². The van der Waals surface area contributed by atoms with Crippen LogP contribution in [0.3, 0.4) is 0 Å². The summed E-state index contributed by atoms with van der Waals surface area (Å²) >= 11 is 5.84. The Kier molecular flexibility index (Phi) is 4.26. The fourth-order valence-electron chi connectivity index (χ4n) is 2.03. The van der Waals surface area contributed by atoms with Gasteiger partial charge in [-0.15, -0.1) is 11.6 Å². The fourth-order valence-corrected chi connectivity index (χ4v) is 2.23. The van der Waals surface area contributed by atoms with Gasteiger partial charge in [0.1, 0.15) is 11.6 Å². The number of benzene rings is 1. The quantitative estimate of drug-likeness (QED) is 0.775. The maximum absolute atomic E-state index is 5.84. The van der Waals surface area contributed by atoms with E-state index in [-0.39, 0.29) is 0 Å². The molecule has 1 heterocycles. The maximum Gasteiger partial charge on any atom is 0.136 e. The number of hydrogen-bond acceptors (Lipinski definition) is 3. The fraction of sp³-hybridized carbons (Fsp3) is 0.357. The Morgan fingerprint density at radius 1 is 1.33 bits per heavy atom. The van der Waals surface area contributed by atoms with Crippen molar-refractivity contribution in [3.63, 3.8) is 0 Å². The van der Waals surface area contributed by atoms with Crippen molar-refractivity contribution < 1.29 is 4.74 Å². The molecule has 18 heavy (non-hydrogen) atoms. The second-order valence-electron chi connectivity index (χ2n) is 3.99. The minimum Gasteiger partial charge on any atom is -0.497 e. The molecule has 0 unspecified atom stereocenters. The third-order valence-electron chi connectivity index (χ3n) is 2.99. The van der Waals surface area contributed by atoms with Gasteiger partial charge in [0.15, 0.2) is 0 Å². The summed E-state index contributed by atoms with van der Waals surface area (Å²) in [6.07, 6.45) is 1.83. The predicted molar refractivity (Wildman–Crippen MR) is 76.9 cm³/mol. The lowest BCUT2D eigenvalue weighted by molar-refractivity contribution is 0.415. The number of rotatable bonds is 5. The summed E-state index contributed by atoms with van der Waals surface area (Å²) in [6, 6.07) is 8.04. The molecule has 1 aromatic carbocycles. The van der Waals surface area contributed by atoms with E-state index in [9.17, 15) is 0 Å². The van der Waals surface area contributed by atoms with Gasteiger partial charge in [0.25, 0.3) is 0 Å². The molecular formula is C14H17ClN2O. The average Bonchev–Trinajstić information content (AvgIpc) is 2.43. The summed E-state index contributed by atoms with van der Waals surface area (Å²) in [5.41, 5.74) is 0. The van der Waals surface area contributed by atoms with Crippen molar-refractivity contribution in [1.82, 2.24) is 4.98 Å². The summed E-state index contributed by atoms with van der Waals surface area (Å²) in [5, 5.41) is 2.26. The lowest BCUT2D eigenvalue weighted by atomic mass is 10.1. The first kappa shape index (κ1) is 13.0. The standard InChI is InChI=1S/C14H17ClN2O/c1-3-17(9-7-15)14-13-10-12(18-2)5-4-11(13)6-8-16-14/h4-6,8,10H,3,7,9H2,1-2H3. The van der Waals surface area contributed by atoms with Gasteiger partial charge in [0.05, 0.1) is 7.11 Å². The molecule has 0 aliphatic rings. The molecule has 3 nitrogen and oxygen atoms in total. The largest absolute Gasteiger partial charge is 0.497 e. The van der Waals surface area contributed by atoms with E-state index in [2.05, 4.69) is 16.8 Å². The van der Waals surface area contributed by atoms with Crippen molar-refractivity contribution in [1.29, 1.82) is 0 Å². The van der Waals surface area contributed by atoms with Crippen LogP contribution in [0.1, 0.15) is 6.92 Å². The first-order chi connectivity index (χ1) is 8.80. The number of aromatic nitrogens is 1. The van der Waals surface area contributed by atoms with Crippen molar-refractivity contribution in [2.24, 2.45) is 0 Å². The molecule has 0 fully saturated rings. The molecule has 0 radical (unpaired) electrons. The zero-order chi connectivity index (χ0) is 13.0. The van der Waals surface area contributed by atoms with Crippen LogP contribution in [-0.2, 0) is 0 Å². The topological polar surface area (TPSA) is 25.4 Å². The SMILES string of the molecule is CCN(CCCl)c1nccc2ccc(OC)cc12. The minimum atomic E-state index is 0.593. The van der Waals surface area contributed by atoms with E-state index in [1.807, 2.05) is 30.5 Å². The smallest absolute Gasteiger partial charge is 0.136 e. The summed E-state index contributed by atoms with van der Waals surface area (Å²) < 4.78 is 5.28. The van der Waals surface area contributed by atoms with E-state index < -0.39 is 0 Å². The zero-order valence-corrected chi connectivity index (χ0v) is 11.4. The van der Waals surface area contributed by atoms with Crippen LogP contribution in [0.2, 0.25) is 0 Å². The lowest BCUT2D eigenvalue weighted by Crippen LogP contribution is -2.26. The highest BCUT2D eigenvalue weighted by molar-refractivity contribution is 6.18. The third-order valence-corrected chi connectivity index (χ3v) is 3.16. The normalized spacial score (nSPS) is 10.6. The summed E-state index contributed by atoms with van der Waals surface area (Å²) in [4.78, 5) is 6.66. The molecule has 0 amide bonds. The van der Waals surface area contributed by atoms with Gasteiger partial charge in [0.2, 0.25) is 0 Å². The van der Waals surface area contributed by atoms with Crippen LogP contribution in [0.25, 0.3) is 10.8 Å². The maximum atomic E-state index is 5.84. The zero-order valence-electron chi connectivity index (χ0n) is 10.7.